The molecule has 0 aromatic heterocycles. The molecule has 0 bridgehead atoms. The first-order chi connectivity index (χ1) is 12.2. The van der Waals surface area contributed by atoms with E-state index in [4.69, 9.17) is 14.2 Å². The summed E-state index contributed by atoms with van der Waals surface area (Å²) in [4.78, 5) is 0. The number of rotatable bonds is 19. The van der Waals surface area contributed by atoms with E-state index in [0.717, 1.165) is 12.8 Å². The summed E-state index contributed by atoms with van der Waals surface area (Å²) in [6.45, 7) is 2.27. The van der Waals surface area contributed by atoms with Gasteiger partial charge in [0.2, 0.25) is 0 Å². The van der Waals surface area contributed by atoms with Gasteiger partial charge in [-0.05, 0) is 6.42 Å². The normalized spacial score (nSPS) is 13.3. The third-order valence-electron chi connectivity index (χ3n) is 5.09. The number of ether oxygens (including phenoxy) is 3. The van der Waals surface area contributed by atoms with Crippen molar-refractivity contribution in [2.45, 2.75) is 115 Å². The highest BCUT2D eigenvalue weighted by atomic mass is 16.9. The number of hydrogen-bond donors (Lipinski definition) is 1. The monoisotopic (exact) mass is 360 g/mol. The maximum atomic E-state index is 10.2. The summed E-state index contributed by atoms with van der Waals surface area (Å²) in [6.07, 6.45) is 18.5. The van der Waals surface area contributed by atoms with Crippen molar-refractivity contribution in [1.82, 2.24) is 0 Å². The largest absolute Gasteiger partial charge is 0.385 e. The quantitative estimate of drug-likeness (QED) is 0.233. The van der Waals surface area contributed by atoms with Crippen LogP contribution >= 0.6 is 0 Å². The Bertz CT molecular complexity index is 258. The third-order valence-corrected chi connectivity index (χ3v) is 5.09. The van der Waals surface area contributed by atoms with Gasteiger partial charge >= 0.3 is 5.97 Å². The van der Waals surface area contributed by atoms with E-state index in [2.05, 4.69) is 6.92 Å². The number of aliphatic hydroxyl groups is 1. The van der Waals surface area contributed by atoms with Crippen LogP contribution in [0.4, 0.5) is 0 Å². The van der Waals surface area contributed by atoms with Gasteiger partial charge in [-0.1, -0.05) is 96.8 Å². The summed E-state index contributed by atoms with van der Waals surface area (Å²) < 4.78 is 15.5. The van der Waals surface area contributed by atoms with Crippen molar-refractivity contribution in [2.75, 3.05) is 21.3 Å². The van der Waals surface area contributed by atoms with Crippen LogP contribution in [0.15, 0.2) is 0 Å². The molecule has 0 fully saturated rings. The summed E-state index contributed by atoms with van der Waals surface area (Å²) in [5.41, 5.74) is 0. The molecule has 0 spiro atoms. The molecule has 0 saturated heterocycles. The van der Waals surface area contributed by atoms with Gasteiger partial charge < -0.3 is 19.3 Å². The van der Waals surface area contributed by atoms with Gasteiger partial charge in [-0.3, -0.25) is 0 Å². The van der Waals surface area contributed by atoms with Gasteiger partial charge in [0, 0.05) is 21.3 Å². The molecule has 4 nitrogen and oxygen atoms in total. The van der Waals surface area contributed by atoms with E-state index in [1.807, 2.05) is 0 Å². The first-order valence-corrected chi connectivity index (χ1v) is 10.5. The Labute approximate surface area is 156 Å². The fourth-order valence-corrected chi connectivity index (χ4v) is 3.37. The molecule has 0 saturated carbocycles. The number of hydrogen-bond acceptors (Lipinski definition) is 4. The Morgan fingerprint density at radius 1 is 0.600 bits per heavy atom. The van der Waals surface area contributed by atoms with Crippen molar-refractivity contribution in [3.63, 3.8) is 0 Å². The van der Waals surface area contributed by atoms with Crippen molar-refractivity contribution < 1.29 is 19.3 Å². The highest BCUT2D eigenvalue weighted by molar-refractivity contribution is 4.69. The van der Waals surface area contributed by atoms with E-state index in [9.17, 15) is 5.11 Å². The van der Waals surface area contributed by atoms with E-state index in [1.165, 1.54) is 98.4 Å². The molecule has 0 rings (SSSR count). The smallest absolute Gasteiger partial charge is 0.309 e. The molecule has 152 valence electrons. The molecule has 4 heteroatoms. The number of unbranched alkanes of at least 4 members (excludes halogenated alkanes) is 13. The Morgan fingerprint density at radius 2 is 0.920 bits per heavy atom. The molecule has 0 aliphatic heterocycles. The molecular formula is C21H44O4. The molecule has 1 unspecified atom stereocenters. The zero-order valence-corrected chi connectivity index (χ0v) is 17.4. The van der Waals surface area contributed by atoms with Crippen molar-refractivity contribution in [2.24, 2.45) is 0 Å². The average molecular weight is 361 g/mol. The molecule has 0 heterocycles. The minimum Gasteiger partial charge on any atom is -0.385 e. The fraction of sp³-hybridized carbons (Fsp3) is 1.00. The van der Waals surface area contributed by atoms with Gasteiger partial charge in [-0.15, -0.1) is 0 Å². The molecule has 1 atom stereocenters. The van der Waals surface area contributed by atoms with Crippen LogP contribution in [-0.4, -0.2) is 38.5 Å². The van der Waals surface area contributed by atoms with Crippen LogP contribution in [0.1, 0.15) is 103 Å². The maximum absolute atomic E-state index is 10.2. The van der Waals surface area contributed by atoms with E-state index >= 15 is 0 Å². The van der Waals surface area contributed by atoms with Crippen LogP contribution in [0, 0.1) is 0 Å². The SMILES string of the molecule is CCCCCCCCCCCCCCCCC(O)C(OC)(OC)OC. The molecule has 0 aliphatic rings. The lowest BCUT2D eigenvalue weighted by Crippen LogP contribution is -2.47. The van der Waals surface area contributed by atoms with E-state index in [0.29, 0.717) is 6.42 Å². The second-order valence-corrected chi connectivity index (χ2v) is 7.12. The van der Waals surface area contributed by atoms with Gasteiger partial charge in [-0.2, -0.15) is 0 Å². The zero-order chi connectivity index (χ0) is 18.8. The average Bonchev–Trinajstić information content (AvgIpc) is 2.64. The second-order valence-electron chi connectivity index (χ2n) is 7.12. The molecular weight excluding hydrogens is 316 g/mol. The lowest BCUT2D eigenvalue weighted by molar-refractivity contribution is -0.389. The molecule has 1 N–H and O–H groups in total. The summed E-state index contributed by atoms with van der Waals surface area (Å²) >= 11 is 0. The van der Waals surface area contributed by atoms with Gasteiger partial charge in [0.1, 0.15) is 6.10 Å². The molecule has 0 aromatic carbocycles. The van der Waals surface area contributed by atoms with E-state index < -0.39 is 12.1 Å². The summed E-state index contributed by atoms with van der Waals surface area (Å²) in [5, 5.41) is 10.2. The second kappa shape index (κ2) is 17.3. The van der Waals surface area contributed by atoms with Crippen molar-refractivity contribution in [1.29, 1.82) is 0 Å². The third kappa shape index (κ3) is 12.0. The molecule has 0 amide bonds. The Hall–Kier alpha value is -0.160. The Kier molecular flexibility index (Phi) is 17.2. The highest BCUT2D eigenvalue weighted by Gasteiger charge is 2.38. The van der Waals surface area contributed by atoms with Gasteiger partial charge in [-0.25, -0.2) is 0 Å². The summed E-state index contributed by atoms with van der Waals surface area (Å²) in [6, 6.07) is 0. The zero-order valence-electron chi connectivity index (χ0n) is 17.4. The van der Waals surface area contributed by atoms with Crippen molar-refractivity contribution >= 4 is 0 Å². The van der Waals surface area contributed by atoms with Gasteiger partial charge in [0.15, 0.2) is 0 Å². The van der Waals surface area contributed by atoms with Crippen LogP contribution in [0.25, 0.3) is 0 Å². The van der Waals surface area contributed by atoms with Crippen LogP contribution < -0.4 is 0 Å². The predicted molar refractivity (Wildman–Crippen MR) is 105 cm³/mol. The summed E-state index contributed by atoms with van der Waals surface area (Å²) in [5.74, 6) is -1.32. The summed E-state index contributed by atoms with van der Waals surface area (Å²) in [7, 11) is 4.46. The van der Waals surface area contributed by atoms with Crippen LogP contribution in [0.2, 0.25) is 0 Å². The Morgan fingerprint density at radius 3 is 1.24 bits per heavy atom. The van der Waals surface area contributed by atoms with Crippen LogP contribution in [0.5, 0.6) is 0 Å². The maximum Gasteiger partial charge on any atom is 0.309 e. The van der Waals surface area contributed by atoms with E-state index in [1.54, 1.807) is 0 Å². The number of methoxy groups -OCH3 is 3. The first kappa shape index (κ1) is 24.8. The predicted octanol–water partition coefficient (Wildman–Crippen LogP) is 5.81. The molecule has 25 heavy (non-hydrogen) atoms. The Balaban J connectivity index is 3.39. The van der Waals surface area contributed by atoms with Crippen molar-refractivity contribution in [3.8, 4) is 0 Å². The molecule has 0 aromatic rings. The molecule has 0 radical (unpaired) electrons. The lowest BCUT2D eigenvalue weighted by Gasteiger charge is -2.33. The standard InChI is InChI=1S/C21H44O4/c1-5-6-7-8-9-10-11-12-13-14-15-16-17-18-19-20(22)21(23-2,24-3)25-4/h20,22H,5-19H2,1-4H3. The van der Waals surface area contributed by atoms with Gasteiger partial charge in [0.25, 0.3) is 0 Å². The molecule has 0 aliphatic carbocycles. The van der Waals surface area contributed by atoms with Crippen LogP contribution in [-0.2, 0) is 14.2 Å². The number of aliphatic hydroxyl groups excluding tert-OH is 1. The minimum absolute atomic E-state index is 0.632. The minimum atomic E-state index is -1.32. The lowest BCUT2D eigenvalue weighted by atomic mass is 10.0. The topological polar surface area (TPSA) is 47.9 Å². The van der Waals surface area contributed by atoms with Crippen LogP contribution in [0.3, 0.4) is 0 Å². The fourth-order valence-electron chi connectivity index (χ4n) is 3.37. The first-order valence-electron chi connectivity index (χ1n) is 10.5. The van der Waals surface area contributed by atoms with Gasteiger partial charge in [0.05, 0.1) is 0 Å². The highest BCUT2D eigenvalue weighted by Crippen LogP contribution is 2.22. The van der Waals surface area contributed by atoms with Crippen molar-refractivity contribution in [3.05, 3.63) is 0 Å². The van der Waals surface area contributed by atoms with E-state index in [-0.39, 0.29) is 0 Å².